The van der Waals surface area contributed by atoms with Gasteiger partial charge in [0.2, 0.25) is 5.91 Å². The molecule has 0 atom stereocenters. The Morgan fingerprint density at radius 1 is 1.29 bits per heavy atom. The minimum Gasteiger partial charge on any atom is -0.274 e. The van der Waals surface area contributed by atoms with Crippen molar-refractivity contribution in [3.8, 4) is 0 Å². The Morgan fingerprint density at radius 2 is 1.94 bits per heavy atom. The van der Waals surface area contributed by atoms with Crippen LogP contribution < -0.4 is 5.43 Å². The van der Waals surface area contributed by atoms with Gasteiger partial charge in [0.15, 0.2) is 0 Å². The Balaban J connectivity index is 3.00. The SMILES string of the molecule is CC(=O)NN=C(C)c1cccc(C(F)(F)F)c1. The Bertz CT molecular complexity index is 452. The van der Waals surface area contributed by atoms with Crippen LogP contribution in [0, 0.1) is 0 Å². The number of benzene rings is 1. The number of nitrogens with zero attached hydrogens (tertiary/aromatic N) is 1. The number of hydrogen-bond acceptors (Lipinski definition) is 2. The summed E-state index contributed by atoms with van der Waals surface area (Å²) in [6, 6.07) is 4.76. The van der Waals surface area contributed by atoms with Gasteiger partial charge in [-0.05, 0) is 24.6 Å². The largest absolute Gasteiger partial charge is 0.416 e. The molecule has 0 aromatic heterocycles. The maximum Gasteiger partial charge on any atom is 0.416 e. The molecule has 0 aliphatic rings. The molecule has 1 N–H and O–H groups in total. The molecule has 0 bridgehead atoms. The highest BCUT2D eigenvalue weighted by Crippen LogP contribution is 2.29. The number of rotatable bonds is 2. The Labute approximate surface area is 96.3 Å². The zero-order valence-electron chi connectivity index (χ0n) is 9.30. The number of amides is 1. The normalized spacial score (nSPS) is 12.4. The number of carbonyl (C=O) groups excluding carboxylic acids is 1. The van der Waals surface area contributed by atoms with E-state index in [1.54, 1.807) is 0 Å². The van der Waals surface area contributed by atoms with Crippen LogP contribution in [-0.2, 0) is 11.0 Å². The molecule has 0 aliphatic carbocycles. The molecule has 0 radical (unpaired) electrons. The molecule has 0 heterocycles. The lowest BCUT2D eigenvalue weighted by Crippen LogP contribution is -2.15. The Hall–Kier alpha value is -1.85. The standard InChI is InChI=1S/C11H11F3N2O/c1-7(15-16-8(2)17)9-4-3-5-10(6-9)11(12,13)14/h3-6H,1-2H3,(H,16,17). The fourth-order valence-corrected chi connectivity index (χ4v) is 1.15. The van der Waals surface area contributed by atoms with E-state index >= 15 is 0 Å². The Kier molecular flexibility index (Phi) is 3.88. The lowest BCUT2D eigenvalue weighted by Gasteiger charge is -2.08. The molecule has 0 saturated heterocycles. The molecule has 1 amide bonds. The van der Waals surface area contributed by atoms with Crippen molar-refractivity contribution in [2.75, 3.05) is 0 Å². The molecule has 0 saturated carbocycles. The number of hydrazone groups is 1. The van der Waals surface area contributed by atoms with Gasteiger partial charge in [-0.25, -0.2) is 5.43 Å². The smallest absolute Gasteiger partial charge is 0.274 e. The van der Waals surface area contributed by atoms with E-state index in [9.17, 15) is 18.0 Å². The lowest BCUT2D eigenvalue weighted by atomic mass is 10.1. The van der Waals surface area contributed by atoms with Gasteiger partial charge >= 0.3 is 6.18 Å². The van der Waals surface area contributed by atoms with Crippen LogP contribution in [0.5, 0.6) is 0 Å². The molecule has 0 unspecified atom stereocenters. The van der Waals surface area contributed by atoms with Crippen molar-refractivity contribution >= 4 is 11.6 Å². The molecule has 0 aliphatic heterocycles. The van der Waals surface area contributed by atoms with Crippen LogP contribution in [0.3, 0.4) is 0 Å². The summed E-state index contributed by atoms with van der Waals surface area (Å²) in [4.78, 5) is 10.6. The van der Waals surface area contributed by atoms with Gasteiger partial charge in [0.1, 0.15) is 0 Å². The van der Waals surface area contributed by atoms with Gasteiger partial charge in [0.05, 0.1) is 11.3 Å². The van der Waals surface area contributed by atoms with Gasteiger partial charge in [-0.15, -0.1) is 0 Å². The molecule has 1 aromatic rings. The van der Waals surface area contributed by atoms with Gasteiger partial charge in [-0.1, -0.05) is 12.1 Å². The van der Waals surface area contributed by atoms with Gasteiger partial charge in [-0.3, -0.25) is 4.79 Å². The minimum absolute atomic E-state index is 0.311. The Morgan fingerprint density at radius 3 is 2.47 bits per heavy atom. The number of carbonyl (C=O) groups is 1. The van der Waals surface area contributed by atoms with Crippen molar-refractivity contribution in [1.82, 2.24) is 5.43 Å². The molecule has 3 nitrogen and oxygen atoms in total. The van der Waals surface area contributed by atoms with Gasteiger partial charge in [0.25, 0.3) is 0 Å². The quantitative estimate of drug-likeness (QED) is 0.630. The van der Waals surface area contributed by atoms with E-state index in [4.69, 9.17) is 0 Å². The maximum absolute atomic E-state index is 12.4. The summed E-state index contributed by atoms with van der Waals surface area (Å²) < 4.78 is 37.3. The van der Waals surface area contributed by atoms with Crippen molar-refractivity contribution in [3.05, 3.63) is 35.4 Å². The average Bonchev–Trinajstić information content (AvgIpc) is 2.25. The van der Waals surface area contributed by atoms with Crippen LogP contribution >= 0.6 is 0 Å². The van der Waals surface area contributed by atoms with E-state index in [0.717, 1.165) is 12.1 Å². The summed E-state index contributed by atoms with van der Waals surface area (Å²) >= 11 is 0. The maximum atomic E-state index is 12.4. The third kappa shape index (κ3) is 3.90. The summed E-state index contributed by atoms with van der Waals surface area (Å²) in [5.41, 5.74) is 2.05. The molecule has 0 spiro atoms. The predicted octanol–water partition coefficient (Wildman–Crippen LogP) is 2.57. The first-order chi connectivity index (χ1) is 7.80. The van der Waals surface area contributed by atoms with Crippen LogP contribution in [-0.4, -0.2) is 11.6 Å². The minimum atomic E-state index is -4.38. The third-order valence-corrected chi connectivity index (χ3v) is 1.99. The summed E-state index contributed by atoms with van der Waals surface area (Å²) in [6.07, 6.45) is -4.38. The van der Waals surface area contributed by atoms with Crippen molar-refractivity contribution in [2.45, 2.75) is 20.0 Å². The van der Waals surface area contributed by atoms with Crippen LogP contribution in [0.1, 0.15) is 25.0 Å². The third-order valence-electron chi connectivity index (χ3n) is 1.99. The van der Waals surface area contributed by atoms with E-state index in [1.807, 2.05) is 0 Å². The predicted molar refractivity (Wildman–Crippen MR) is 57.5 cm³/mol. The monoisotopic (exact) mass is 244 g/mol. The summed E-state index contributed by atoms with van der Waals surface area (Å²) in [6.45, 7) is 2.79. The molecule has 1 rings (SSSR count). The van der Waals surface area contributed by atoms with Gasteiger partial charge < -0.3 is 0 Å². The number of halogens is 3. The zero-order chi connectivity index (χ0) is 13.1. The fraction of sp³-hybridized carbons (Fsp3) is 0.273. The second-order valence-electron chi connectivity index (χ2n) is 3.44. The van der Waals surface area contributed by atoms with Crippen LogP contribution in [0.2, 0.25) is 0 Å². The molecule has 17 heavy (non-hydrogen) atoms. The highest BCUT2D eigenvalue weighted by Gasteiger charge is 2.30. The molecular weight excluding hydrogens is 233 g/mol. The van der Waals surface area contributed by atoms with Crippen molar-refractivity contribution in [2.24, 2.45) is 5.10 Å². The molecular formula is C11H11F3N2O. The number of nitrogens with one attached hydrogen (secondary N) is 1. The summed E-state index contributed by atoms with van der Waals surface area (Å²) in [7, 11) is 0. The lowest BCUT2D eigenvalue weighted by molar-refractivity contribution is -0.137. The van der Waals surface area contributed by atoms with Crippen molar-refractivity contribution < 1.29 is 18.0 Å². The average molecular weight is 244 g/mol. The topological polar surface area (TPSA) is 41.5 Å². The second-order valence-corrected chi connectivity index (χ2v) is 3.44. The summed E-state index contributed by atoms with van der Waals surface area (Å²) in [5.74, 6) is -0.378. The first-order valence-corrected chi connectivity index (χ1v) is 4.79. The fourth-order valence-electron chi connectivity index (χ4n) is 1.15. The van der Waals surface area contributed by atoms with Crippen LogP contribution in [0.25, 0.3) is 0 Å². The number of hydrogen-bond donors (Lipinski definition) is 1. The van der Waals surface area contributed by atoms with Crippen LogP contribution in [0.15, 0.2) is 29.4 Å². The highest BCUT2D eigenvalue weighted by atomic mass is 19.4. The second kappa shape index (κ2) is 4.99. The first-order valence-electron chi connectivity index (χ1n) is 4.79. The summed E-state index contributed by atoms with van der Waals surface area (Å²) in [5, 5.41) is 3.67. The van der Waals surface area contributed by atoms with E-state index < -0.39 is 11.7 Å². The van der Waals surface area contributed by atoms with E-state index in [1.165, 1.54) is 26.0 Å². The number of alkyl halides is 3. The van der Waals surface area contributed by atoms with Crippen molar-refractivity contribution in [3.63, 3.8) is 0 Å². The first kappa shape index (κ1) is 13.2. The molecule has 92 valence electrons. The molecule has 1 aromatic carbocycles. The van der Waals surface area contributed by atoms with Crippen molar-refractivity contribution in [1.29, 1.82) is 0 Å². The van der Waals surface area contributed by atoms with E-state index in [-0.39, 0.29) is 5.91 Å². The highest BCUT2D eigenvalue weighted by molar-refractivity contribution is 5.99. The van der Waals surface area contributed by atoms with Gasteiger partial charge in [-0.2, -0.15) is 18.3 Å². The van der Waals surface area contributed by atoms with E-state index in [2.05, 4.69) is 10.5 Å². The zero-order valence-corrected chi connectivity index (χ0v) is 9.30. The molecule has 0 fully saturated rings. The molecule has 6 heteroatoms. The van der Waals surface area contributed by atoms with Gasteiger partial charge in [0, 0.05) is 6.92 Å². The van der Waals surface area contributed by atoms with Crippen LogP contribution in [0.4, 0.5) is 13.2 Å². The van der Waals surface area contributed by atoms with E-state index in [0.29, 0.717) is 11.3 Å².